The summed E-state index contributed by atoms with van der Waals surface area (Å²) < 4.78 is 5.29. The zero-order valence-electron chi connectivity index (χ0n) is 11.3. The van der Waals surface area contributed by atoms with Gasteiger partial charge in [-0.05, 0) is 25.3 Å². The van der Waals surface area contributed by atoms with Crippen molar-refractivity contribution in [2.24, 2.45) is 0 Å². The molecule has 0 heterocycles. The van der Waals surface area contributed by atoms with Crippen molar-refractivity contribution in [3.8, 4) is 0 Å². The monoisotopic (exact) mass is 246 g/mol. The Hall–Kier alpha value is -1.57. The number of carbonyl (C=O) groups excluding carboxylic acids is 1. The quantitative estimate of drug-likeness (QED) is 0.538. The van der Waals surface area contributed by atoms with Crippen LogP contribution in [-0.4, -0.2) is 12.6 Å². The van der Waals surface area contributed by atoms with Gasteiger partial charge in [0.2, 0.25) is 0 Å². The highest BCUT2D eigenvalue weighted by molar-refractivity contribution is 5.88. The number of hydrogen-bond acceptors (Lipinski definition) is 2. The first-order valence-corrected chi connectivity index (χ1v) is 6.64. The molecule has 0 aliphatic heterocycles. The molecule has 2 nitrogen and oxygen atoms in total. The Kier molecular flexibility index (Phi) is 6.85. The molecule has 0 atom stereocenters. The van der Waals surface area contributed by atoms with Crippen LogP contribution in [0.15, 0.2) is 42.0 Å². The summed E-state index contributed by atoms with van der Waals surface area (Å²) in [5.74, 6) is -0.165. The van der Waals surface area contributed by atoms with Crippen LogP contribution >= 0.6 is 0 Å². The van der Waals surface area contributed by atoms with Crippen molar-refractivity contribution in [3.05, 3.63) is 47.5 Å². The zero-order valence-corrected chi connectivity index (χ0v) is 11.3. The van der Waals surface area contributed by atoms with E-state index >= 15 is 0 Å². The van der Waals surface area contributed by atoms with Crippen molar-refractivity contribution >= 4 is 5.97 Å². The fraction of sp³-hybridized carbons (Fsp3) is 0.438. The van der Waals surface area contributed by atoms with E-state index in [4.69, 9.17) is 4.74 Å². The Labute approximate surface area is 110 Å². The maximum Gasteiger partial charge on any atom is 0.333 e. The molecule has 2 heteroatoms. The lowest BCUT2D eigenvalue weighted by molar-refractivity contribution is -0.139. The second-order valence-corrected chi connectivity index (χ2v) is 4.29. The van der Waals surface area contributed by atoms with E-state index in [0.29, 0.717) is 6.61 Å². The normalized spacial score (nSPS) is 11.3. The molecular weight excluding hydrogens is 224 g/mol. The lowest BCUT2D eigenvalue weighted by Gasteiger charge is -2.07. The van der Waals surface area contributed by atoms with Gasteiger partial charge in [-0.3, -0.25) is 0 Å². The van der Waals surface area contributed by atoms with Crippen molar-refractivity contribution in [1.29, 1.82) is 0 Å². The maximum atomic E-state index is 11.8. The van der Waals surface area contributed by atoms with E-state index in [-0.39, 0.29) is 5.97 Å². The van der Waals surface area contributed by atoms with Crippen LogP contribution in [0.2, 0.25) is 0 Å². The van der Waals surface area contributed by atoms with E-state index in [1.54, 1.807) is 0 Å². The smallest absolute Gasteiger partial charge is 0.333 e. The summed E-state index contributed by atoms with van der Waals surface area (Å²) in [6.45, 7) is 4.46. The molecule has 0 aromatic heterocycles. The highest BCUT2D eigenvalue weighted by Crippen LogP contribution is 2.09. The van der Waals surface area contributed by atoms with Gasteiger partial charge in [0, 0.05) is 12.0 Å². The van der Waals surface area contributed by atoms with Crippen LogP contribution in [0.25, 0.3) is 0 Å². The number of hydrogen-bond donors (Lipinski definition) is 0. The summed E-state index contributed by atoms with van der Waals surface area (Å²) in [6.07, 6.45) is 5.58. The number of ether oxygens (including phenoxy) is 1. The number of esters is 1. The average Bonchev–Trinajstić information content (AvgIpc) is 2.41. The Balaban J connectivity index is 2.32. The summed E-state index contributed by atoms with van der Waals surface area (Å²) in [5, 5.41) is 0. The largest absolute Gasteiger partial charge is 0.462 e. The summed E-state index contributed by atoms with van der Waals surface area (Å²) in [4.78, 5) is 11.8. The summed E-state index contributed by atoms with van der Waals surface area (Å²) in [5.41, 5.74) is 1.99. The third kappa shape index (κ3) is 5.17. The van der Waals surface area contributed by atoms with Gasteiger partial charge in [-0.25, -0.2) is 4.79 Å². The number of allylic oxidation sites excluding steroid dienone is 1. The third-order valence-corrected chi connectivity index (χ3v) is 2.88. The van der Waals surface area contributed by atoms with Crippen molar-refractivity contribution in [1.82, 2.24) is 0 Å². The molecule has 0 unspecified atom stereocenters. The molecule has 0 spiro atoms. The average molecular weight is 246 g/mol. The fourth-order valence-electron chi connectivity index (χ4n) is 1.73. The van der Waals surface area contributed by atoms with E-state index < -0.39 is 0 Å². The molecule has 0 saturated heterocycles. The molecule has 0 saturated carbocycles. The second-order valence-electron chi connectivity index (χ2n) is 4.29. The van der Waals surface area contributed by atoms with Crippen LogP contribution in [-0.2, 0) is 16.0 Å². The summed E-state index contributed by atoms with van der Waals surface area (Å²) in [7, 11) is 0. The van der Waals surface area contributed by atoms with Crippen LogP contribution in [0, 0.1) is 0 Å². The summed E-state index contributed by atoms with van der Waals surface area (Å²) >= 11 is 0. The van der Waals surface area contributed by atoms with Gasteiger partial charge in [-0.1, -0.05) is 49.8 Å². The molecule has 0 amide bonds. The van der Waals surface area contributed by atoms with Gasteiger partial charge in [-0.2, -0.15) is 0 Å². The Morgan fingerprint density at radius 2 is 2.00 bits per heavy atom. The zero-order chi connectivity index (χ0) is 13.2. The number of carbonyl (C=O) groups is 1. The molecule has 0 aliphatic rings. The van der Waals surface area contributed by atoms with E-state index in [2.05, 4.69) is 6.92 Å². The van der Waals surface area contributed by atoms with E-state index in [9.17, 15) is 4.79 Å². The van der Waals surface area contributed by atoms with E-state index in [0.717, 1.165) is 31.3 Å². The minimum atomic E-state index is -0.165. The minimum Gasteiger partial charge on any atom is -0.462 e. The molecule has 1 aromatic rings. The van der Waals surface area contributed by atoms with Gasteiger partial charge in [0.25, 0.3) is 0 Å². The van der Waals surface area contributed by atoms with Gasteiger partial charge in [0.05, 0.1) is 6.61 Å². The molecule has 0 bridgehead atoms. The third-order valence-electron chi connectivity index (χ3n) is 2.88. The predicted octanol–water partition coefficient (Wildman–Crippen LogP) is 3.91. The summed E-state index contributed by atoms with van der Waals surface area (Å²) in [6, 6.07) is 10.1. The maximum absolute atomic E-state index is 11.8. The lowest BCUT2D eigenvalue weighted by Crippen LogP contribution is -2.10. The molecule has 0 radical (unpaired) electrons. The molecular formula is C16H22O2. The van der Waals surface area contributed by atoms with Crippen LogP contribution < -0.4 is 0 Å². The number of rotatable bonds is 7. The highest BCUT2D eigenvalue weighted by Gasteiger charge is 2.09. The van der Waals surface area contributed by atoms with Crippen molar-refractivity contribution in [2.45, 2.75) is 39.5 Å². The first-order valence-electron chi connectivity index (χ1n) is 6.64. The van der Waals surface area contributed by atoms with Crippen molar-refractivity contribution in [3.63, 3.8) is 0 Å². The predicted molar refractivity (Wildman–Crippen MR) is 74.4 cm³/mol. The van der Waals surface area contributed by atoms with Gasteiger partial charge in [0.15, 0.2) is 0 Å². The molecule has 98 valence electrons. The van der Waals surface area contributed by atoms with Crippen LogP contribution in [0.5, 0.6) is 0 Å². The van der Waals surface area contributed by atoms with Gasteiger partial charge < -0.3 is 4.74 Å². The van der Waals surface area contributed by atoms with E-state index in [1.807, 2.05) is 43.3 Å². The second kappa shape index (κ2) is 8.51. The minimum absolute atomic E-state index is 0.165. The van der Waals surface area contributed by atoms with Crippen molar-refractivity contribution < 1.29 is 9.53 Å². The highest BCUT2D eigenvalue weighted by atomic mass is 16.5. The SMILES string of the molecule is C/C=C(\CCCC)C(=O)OCCc1ccccc1. The molecule has 0 fully saturated rings. The molecule has 0 aliphatic carbocycles. The van der Waals surface area contributed by atoms with Gasteiger partial charge in [-0.15, -0.1) is 0 Å². The molecule has 0 N–H and O–H groups in total. The Bertz CT molecular complexity index is 379. The van der Waals surface area contributed by atoms with Crippen molar-refractivity contribution in [2.75, 3.05) is 6.61 Å². The number of unbranched alkanes of at least 4 members (excludes halogenated alkanes) is 1. The Morgan fingerprint density at radius 1 is 1.28 bits per heavy atom. The molecule has 1 aromatic carbocycles. The van der Waals surface area contributed by atoms with Crippen LogP contribution in [0.3, 0.4) is 0 Å². The van der Waals surface area contributed by atoms with Crippen LogP contribution in [0.4, 0.5) is 0 Å². The standard InChI is InChI=1S/C16H22O2/c1-3-5-11-15(4-2)16(17)18-13-12-14-9-7-6-8-10-14/h4,6-10H,3,5,11-13H2,1-2H3/b15-4+. The van der Waals surface area contributed by atoms with Gasteiger partial charge in [0.1, 0.15) is 0 Å². The van der Waals surface area contributed by atoms with E-state index in [1.165, 1.54) is 5.56 Å². The molecule has 1 rings (SSSR count). The molecule has 18 heavy (non-hydrogen) atoms. The first kappa shape index (κ1) is 14.5. The fourth-order valence-corrected chi connectivity index (χ4v) is 1.73. The lowest BCUT2D eigenvalue weighted by atomic mass is 10.1. The Morgan fingerprint density at radius 3 is 2.61 bits per heavy atom. The topological polar surface area (TPSA) is 26.3 Å². The number of benzene rings is 1. The van der Waals surface area contributed by atoms with Gasteiger partial charge >= 0.3 is 5.97 Å². The van der Waals surface area contributed by atoms with Crippen LogP contribution in [0.1, 0.15) is 38.7 Å². The first-order chi connectivity index (χ1) is 8.77.